The Morgan fingerprint density at radius 1 is 1.06 bits per heavy atom. The summed E-state index contributed by atoms with van der Waals surface area (Å²) in [7, 11) is -2.70. The molecule has 2 aliphatic heterocycles. The van der Waals surface area contributed by atoms with Crippen LogP contribution in [0.15, 0.2) is 0 Å². The van der Waals surface area contributed by atoms with Crippen LogP contribution in [0.2, 0.25) is 0 Å². The lowest BCUT2D eigenvalue weighted by atomic mass is 9.98. The lowest BCUT2D eigenvalue weighted by Gasteiger charge is -2.23. The molecule has 0 amide bonds. The van der Waals surface area contributed by atoms with Crippen molar-refractivity contribution in [3.63, 3.8) is 0 Å². The van der Waals surface area contributed by atoms with E-state index in [4.69, 9.17) is 0 Å². The maximum absolute atomic E-state index is 11.3. The van der Waals surface area contributed by atoms with Crippen LogP contribution in [0.3, 0.4) is 0 Å². The molecule has 2 rings (SSSR count). The average molecular weight is 246 g/mol. The second-order valence-corrected chi connectivity index (χ2v) is 7.35. The first-order valence-electron chi connectivity index (χ1n) is 6.27. The van der Waals surface area contributed by atoms with E-state index in [1.807, 2.05) is 0 Å². The molecule has 1 atom stereocenters. The number of hydrogen-bond acceptors (Lipinski definition) is 4. The summed E-state index contributed by atoms with van der Waals surface area (Å²) in [5.41, 5.74) is 0. The Morgan fingerprint density at radius 3 is 2.38 bits per heavy atom. The van der Waals surface area contributed by atoms with Gasteiger partial charge >= 0.3 is 0 Å². The summed E-state index contributed by atoms with van der Waals surface area (Å²) < 4.78 is 22.5. The van der Waals surface area contributed by atoms with Gasteiger partial charge in [0.15, 0.2) is 9.84 Å². The zero-order valence-electron chi connectivity index (χ0n) is 9.74. The van der Waals surface area contributed by atoms with Crippen LogP contribution in [0.25, 0.3) is 0 Å². The van der Waals surface area contributed by atoms with Crippen LogP contribution >= 0.6 is 0 Å². The van der Waals surface area contributed by atoms with E-state index in [-0.39, 0.29) is 0 Å². The third-order valence-corrected chi connectivity index (χ3v) is 5.49. The van der Waals surface area contributed by atoms with Crippen molar-refractivity contribution >= 4 is 9.84 Å². The van der Waals surface area contributed by atoms with Crippen LogP contribution in [0, 0.1) is 11.8 Å². The monoisotopic (exact) mass is 246 g/mol. The molecule has 5 heteroatoms. The fourth-order valence-corrected chi connectivity index (χ4v) is 4.47. The van der Waals surface area contributed by atoms with Gasteiger partial charge in [0.25, 0.3) is 0 Å². The first-order chi connectivity index (χ1) is 7.66. The molecule has 2 aliphatic rings. The van der Waals surface area contributed by atoms with Crippen molar-refractivity contribution in [2.45, 2.75) is 19.3 Å². The van der Waals surface area contributed by atoms with Gasteiger partial charge in [0.2, 0.25) is 0 Å². The third kappa shape index (κ3) is 3.71. The molecular weight excluding hydrogens is 224 g/mol. The molecule has 0 aromatic carbocycles. The molecule has 94 valence electrons. The Morgan fingerprint density at radius 2 is 1.75 bits per heavy atom. The van der Waals surface area contributed by atoms with Gasteiger partial charge in [-0.25, -0.2) is 8.42 Å². The summed E-state index contributed by atoms with van der Waals surface area (Å²) in [6.45, 7) is 4.19. The Labute approximate surface area is 98.1 Å². The van der Waals surface area contributed by atoms with E-state index in [2.05, 4.69) is 10.6 Å². The zero-order chi connectivity index (χ0) is 11.4. The van der Waals surface area contributed by atoms with Crippen LogP contribution in [0.4, 0.5) is 0 Å². The Hall–Kier alpha value is -0.130. The predicted octanol–water partition coefficient (Wildman–Crippen LogP) is 0.0103. The molecular formula is C11H22N2O2S. The minimum absolute atomic E-state index is 0.353. The third-order valence-electron chi connectivity index (χ3n) is 3.65. The van der Waals surface area contributed by atoms with Gasteiger partial charge in [0, 0.05) is 0 Å². The van der Waals surface area contributed by atoms with Crippen molar-refractivity contribution in [2.24, 2.45) is 11.8 Å². The molecule has 0 aromatic heterocycles. The standard InChI is InChI=1S/C11H22N2O2S/c14-16(15)6-3-11(9-16)8-13-7-10-1-4-12-5-2-10/h10-13H,1-9H2. The van der Waals surface area contributed by atoms with E-state index in [0.29, 0.717) is 17.4 Å². The fraction of sp³-hybridized carbons (Fsp3) is 1.00. The van der Waals surface area contributed by atoms with E-state index >= 15 is 0 Å². The van der Waals surface area contributed by atoms with Gasteiger partial charge in [0.1, 0.15) is 0 Å². The minimum Gasteiger partial charge on any atom is -0.317 e. The van der Waals surface area contributed by atoms with Gasteiger partial charge in [0.05, 0.1) is 11.5 Å². The quantitative estimate of drug-likeness (QED) is 0.734. The first-order valence-corrected chi connectivity index (χ1v) is 8.10. The van der Waals surface area contributed by atoms with Crippen LogP contribution in [0.5, 0.6) is 0 Å². The molecule has 0 bridgehead atoms. The lowest BCUT2D eigenvalue weighted by Crippen LogP contribution is -2.35. The van der Waals surface area contributed by atoms with Crippen molar-refractivity contribution in [1.82, 2.24) is 10.6 Å². The summed E-state index contributed by atoms with van der Waals surface area (Å²) in [5.74, 6) is 1.92. The molecule has 0 saturated carbocycles. The highest BCUT2D eigenvalue weighted by Gasteiger charge is 2.27. The summed E-state index contributed by atoms with van der Waals surface area (Å²) in [5, 5.41) is 6.79. The molecule has 0 aromatic rings. The van der Waals surface area contributed by atoms with Crippen molar-refractivity contribution in [2.75, 3.05) is 37.7 Å². The Balaban J connectivity index is 1.61. The van der Waals surface area contributed by atoms with Crippen molar-refractivity contribution < 1.29 is 8.42 Å². The van der Waals surface area contributed by atoms with Crippen LogP contribution in [0.1, 0.15) is 19.3 Å². The van der Waals surface area contributed by atoms with E-state index in [1.165, 1.54) is 12.8 Å². The zero-order valence-corrected chi connectivity index (χ0v) is 10.6. The highest BCUT2D eigenvalue weighted by Crippen LogP contribution is 2.17. The highest BCUT2D eigenvalue weighted by atomic mass is 32.2. The molecule has 0 aliphatic carbocycles. The molecule has 2 N–H and O–H groups in total. The van der Waals surface area contributed by atoms with Gasteiger partial charge < -0.3 is 10.6 Å². The number of nitrogens with one attached hydrogen (secondary N) is 2. The van der Waals surface area contributed by atoms with Crippen molar-refractivity contribution in [1.29, 1.82) is 0 Å². The van der Waals surface area contributed by atoms with Gasteiger partial charge in [-0.2, -0.15) is 0 Å². The Bertz CT molecular complexity index is 310. The van der Waals surface area contributed by atoms with Gasteiger partial charge in [-0.05, 0) is 57.3 Å². The number of piperidine rings is 1. The van der Waals surface area contributed by atoms with Crippen molar-refractivity contribution in [3.05, 3.63) is 0 Å². The normalized spacial score (nSPS) is 30.6. The van der Waals surface area contributed by atoms with Crippen molar-refractivity contribution in [3.8, 4) is 0 Å². The van der Waals surface area contributed by atoms with Crippen LogP contribution < -0.4 is 10.6 Å². The SMILES string of the molecule is O=S1(=O)CCC(CNCC2CCNCC2)C1. The maximum atomic E-state index is 11.3. The summed E-state index contributed by atoms with van der Waals surface area (Å²) in [6, 6.07) is 0. The molecule has 0 radical (unpaired) electrons. The summed E-state index contributed by atoms with van der Waals surface area (Å²) in [4.78, 5) is 0. The van der Waals surface area contributed by atoms with Gasteiger partial charge in [-0.3, -0.25) is 0 Å². The van der Waals surface area contributed by atoms with E-state index in [0.717, 1.165) is 38.5 Å². The van der Waals surface area contributed by atoms with Crippen LogP contribution in [-0.2, 0) is 9.84 Å². The molecule has 0 spiro atoms. The maximum Gasteiger partial charge on any atom is 0.150 e. The largest absolute Gasteiger partial charge is 0.317 e. The topological polar surface area (TPSA) is 58.2 Å². The second kappa shape index (κ2) is 5.47. The van der Waals surface area contributed by atoms with Crippen LogP contribution in [-0.4, -0.2) is 46.1 Å². The fourth-order valence-electron chi connectivity index (χ4n) is 2.61. The average Bonchev–Trinajstić information content (AvgIpc) is 2.60. The first kappa shape index (κ1) is 12.3. The molecule has 16 heavy (non-hydrogen) atoms. The summed E-state index contributed by atoms with van der Waals surface area (Å²) >= 11 is 0. The van der Waals surface area contributed by atoms with Gasteiger partial charge in [-0.15, -0.1) is 0 Å². The molecule has 2 saturated heterocycles. The lowest BCUT2D eigenvalue weighted by molar-refractivity contribution is 0.348. The Kier molecular flexibility index (Phi) is 4.21. The van der Waals surface area contributed by atoms with E-state index in [1.54, 1.807) is 0 Å². The highest BCUT2D eigenvalue weighted by molar-refractivity contribution is 7.91. The van der Waals surface area contributed by atoms with E-state index < -0.39 is 9.84 Å². The molecule has 2 heterocycles. The number of hydrogen-bond donors (Lipinski definition) is 2. The molecule has 1 unspecified atom stereocenters. The second-order valence-electron chi connectivity index (χ2n) is 5.12. The molecule has 4 nitrogen and oxygen atoms in total. The number of rotatable bonds is 4. The molecule has 2 fully saturated rings. The minimum atomic E-state index is -2.70. The number of sulfone groups is 1. The van der Waals surface area contributed by atoms with E-state index in [9.17, 15) is 8.42 Å². The summed E-state index contributed by atoms with van der Waals surface area (Å²) in [6.07, 6.45) is 3.34. The van der Waals surface area contributed by atoms with Gasteiger partial charge in [-0.1, -0.05) is 0 Å². The predicted molar refractivity (Wildman–Crippen MR) is 65.2 cm³/mol. The smallest absolute Gasteiger partial charge is 0.150 e.